The van der Waals surface area contributed by atoms with Gasteiger partial charge < -0.3 is 5.73 Å². The van der Waals surface area contributed by atoms with Crippen molar-refractivity contribution in [3.05, 3.63) is 35.9 Å². The summed E-state index contributed by atoms with van der Waals surface area (Å²) in [5, 5.41) is 0. The Bertz CT molecular complexity index is 395. The highest BCUT2D eigenvalue weighted by atomic mass is 15.2. The fourth-order valence-electron chi connectivity index (χ4n) is 3.80. The van der Waals surface area contributed by atoms with Gasteiger partial charge in [-0.2, -0.15) is 0 Å². The number of hydrogen-bond donors (Lipinski definition) is 1. The first-order chi connectivity index (χ1) is 10.1. The van der Waals surface area contributed by atoms with Crippen LogP contribution in [-0.2, 0) is 0 Å². The van der Waals surface area contributed by atoms with E-state index >= 15 is 0 Å². The van der Waals surface area contributed by atoms with Gasteiger partial charge in [0.2, 0.25) is 0 Å². The van der Waals surface area contributed by atoms with Crippen molar-refractivity contribution in [1.29, 1.82) is 0 Å². The van der Waals surface area contributed by atoms with Crippen LogP contribution in [0, 0.1) is 5.92 Å². The molecular weight excluding hydrogens is 256 g/mol. The lowest BCUT2D eigenvalue weighted by Gasteiger charge is -2.40. The summed E-state index contributed by atoms with van der Waals surface area (Å²) in [5.41, 5.74) is 7.93. The second-order valence-electron chi connectivity index (χ2n) is 6.94. The molecule has 2 heteroatoms. The molecule has 2 N–H and O–H groups in total. The molecule has 1 fully saturated rings. The molecule has 2 nitrogen and oxygen atoms in total. The molecular formula is C19H32N2. The maximum Gasteiger partial charge on any atom is 0.0453 e. The van der Waals surface area contributed by atoms with Gasteiger partial charge in [0.25, 0.3) is 0 Å². The van der Waals surface area contributed by atoms with E-state index in [0.717, 1.165) is 12.5 Å². The zero-order valence-electron chi connectivity index (χ0n) is 14.0. The quantitative estimate of drug-likeness (QED) is 0.807. The van der Waals surface area contributed by atoms with E-state index in [1.807, 2.05) is 0 Å². The van der Waals surface area contributed by atoms with Crippen molar-refractivity contribution in [2.45, 2.75) is 71.0 Å². The minimum absolute atomic E-state index is 0.121. The molecule has 0 radical (unpaired) electrons. The first kappa shape index (κ1) is 16.5. The van der Waals surface area contributed by atoms with Crippen LogP contribution in [-0.4, -0.2) is 23.5 Å². The molecule has 1 saturated carbocycles. The SMILES string of the molecule is CCC(C(N)c1ccccc1)N(CC(C)C)C1CCCC1. The van der Waals surface area contributed by atoms with E-state index in [-0.39, 0.29) is 6.04 Å². The highest BCUT2D eigenvalue weighted by molar-refractivity contribution is 5.20. The number of benzene rings is 1. The second-order valence-corrected chi connectivity index (χ2v) is 6.94. The fraction of sp³-hybridized carbons (Fsp3) is 0.684. The molecule has 0 aliphatic heterocycles. The van der Waals surface area contributed by atoms with Crippen molar-refractivity contribution in [3.8, 4) is 0 Å². The highest BCUT2D eigenvalue weighted by Crippen LogP contribution is 2.31. The first-order valence-electron chi connectivity index (χ1n) is 8.69. The van der Waals surface area contributed by atoms with Crippen molar-refractivity contribution in [2.24, 2.45) is 11.7 Å². The second kappa shape index (κ2) is 7.95. The Morgan fingerprint density at radius 2 is 1.76 bits per heavy atom. The number of nitrogens with two attached hydrogens (primary N) is 1. The van der Waals surface area contributed by atoms with Crippen LogP contribution in [0.2, 0.25) is 0 Å². The normalized spacial score (nSPS) is 19.3. The summed E-state index contributed by atoms with van der Waals surface area (Å²) in [5.74, 6) is 0.697. The van der Waals surface area contributed by atoms with Crippen LogP contribution in [0.4, 0.5) is 0 Å². The molecule has 2 rings (SSSR count). The first-order valence-corrected chi connectivity index (χ1v) is 8.69. The van der Waals surface area contributed by atoms with Crippen molar-refractivity contribution < 1.29 is 0 Å². The molecule has 1 aromatic carbocycles. The summed E-state index contributed by atoms with van der Waals surface area (Å²) in [6.07, 6.45) is 6.60. The van der Waals surface area contributed by atoms with Crippen molar-refractivity contribution in [1.82, 2.24) is 4.90 Å². The summed E-state index contributed by atoms with van der Waals surface area (Å²) in [6, 6.07) is 11.9. The zero-order valence-corrected chi connectivity index (χ0v) is 14.0. The molecule has 0 spiro atoms. The lowest BCUT2D eigenvalue weighted by molar-refractivity contribution is 0.0972. The Balaban J connectivity index is 2.17. The predicted octanol–water partition coefficient (Wildman–Crippen LogP) is 4.37. The molecule has 0 bridgehead atoms. The third-order valence-electron chi connectivity index (χ3n) is 4.81. The summed E-state index contributed by atoms with van der Waals surface area (Å²) in [6.45, 7) is 8.10. The maximum atomic E-state index is 6.65. The van der Waals surface area contributed by atoms with E-state index in [2.05, 4.69) is 56.0 Å². The van der Waals surface area contributed by atoms with Crippen LogP contribution in [0.15, 0.2) is 30.3 Å². The third-order valence-corrected chi connectivity index (χ3v) is 4.81. The van der Waals surface area contributed by atoms with E-state index in [4.69, 9.17) is 5.73 Å². The monoisotopic (exact) mass is 288 g/mol. The van der Waals surface area contributed by atoms with Crippen LogP contribution in [0.1, 0.15) is 64.5 Å². The maximum absolute atomic E-state index is 6.65. The molecule has 1 aliphatic rings. The number of hydrogen-bond acceptors (Lipinski definition) is 2. The topological polar surface area (TPSA) is 29.3 Å². The van der Waals surface area contributed by atoms with Gasteiger partial charge >= 0.3 is 0 Å². The average Bonchev–Trinajstić information content (AvgIpc) is 3.01. The standard InChI is InChI=1S/C19H32N2/c1-4-18(19(20)16-10-6-5-7-11-16)21(14-15(2)3)17-12-8-9-13-17/h5-7,10-11,15,17-19H,4,8-9,12-14,20H2,1-3H3. The zero-order chi connectivity index (χ0) is 15.2. The minimum atomic E-state index is 0.121. The Morgan fingerprint density at radius 3 is 2.29 bits per heavy atom. The van der Waals surface area contributed by atoms with Gasteiger partial charge in [-0.05, 0) is 30.7 Å². The predicted molar refractivity (Wildman–Crippen MR) is 91.2 cm³/mol. The van der Waals surface area contributed by atoms with Gasteiger partial charge in [0.05, 0.1) is 0 Å². The summed E-state index contributed by atoms with van der Waals surface area (Å²) in [4.78, 5) is 2.73. The molecule has 118 valence electrons. The third kappa shape index (κ3) is 4.31. The smallest absolute Gasteiger partial charge is 0.0453 e. The Hall–Kier alpha value is -0.860. The Labute approximate surface area is 130 Å². The van der Waals surface area contributed by atoms with Gasteiger partial charge in [-0.3, -0.25) is 4.90 Å². The van der Waals surface area contributed by atoms with E-state index in [1.54, 1.807) is 0 Å². The molecule has 0 saturated heterocycles. The number of rotatable bonds is 7. The largest absolute Gasteiger partial charge is 0.323 e. The minimum Gasteiger partial charge on any atom is -0.323 e. The van der Waals surface area contributed by atoms with Crippen molar-refractivity contribution in [3.63, 3.8) is 0 Å². The Kier molecular flexibility index (Phi) is 6.25. The van der Waals surface area contributed by atoms with Crippen LogP contribution < -0.4 is 5.73 Å². The van der Waals surface area contributed by atoms with Crippen LogP contribution in [0.25, 0.3) is 0 Å². The van der Waals surface area contributed by atoms with Crippen LogP contribution in [0.5, 0.6) is 0 Å². The summed E-state index contributed by atoms with van der Waals surface area (Å²) >= 11 is 0. The van der Waals surface area contributed by atoms with E-state index in [9.17, 15) is 0 Å². The van der Waals surface area contributed by atoms with Crippen LogP contribution in [0.3, 0.4) is 0 Å². The molecule has 2 unspecified atom stereocenters. The van der Waals surface area contributed by atoms with E-state index < -0.39 is 0 Å². The lowest BCUT2D eigenvalue weighted by Crippen LogP contribution is -2.48. The molecule has 0 aromatic heterocycles. The molecule has 0 amide bonds. The Morgan fingerprint density at radius 1 is 1.14 bits per heavy atom. The fourth-order valence-corrected chi connectivity index (χ4v) is 3.80. The van der Waals surface area contributed by atoms with Gasteiger partial charge in [0.15, 0.2) is 0 Å². The highest BCUT2D eigenvalue weighted by Gasteiger charge is 2.31. The molecule has 1 aliphatic carbocycles. The molecule has 21 heavy (non-hydrogen) atoms. The average molecular weight is 288 g/mol. The number of nitrogens with zero attached hydrogens (tertiary/aromatic N) is 1. The van der Waals surface area contributed by atoms with Gasteiger partial charge in [0.1, 0.15) is 0 Å². The van der Waals surface area contributed by atoms with Crippen LogP contribution >= 0.6 is 0 Å². The van der Waals surface area contributed by atoms with Crippen molar-refractivity contribution >= 4 is 0 Å². The summed E-state index contributed by atoms with van der Waals surface area (Å²) in [7, 11) is 0. The lowest BCUT2D eigenvalue weighted by atomic mass is 9.94. The van der Waals surface area contributed by atoms with Gasteiger partial charge in [-0.15, -0.1) is 0 Å². The van der Waals surface area contributed by atoms with Gasteiger partial charge in [0, 0.05) is 24.7 Å². The van der Waals surface area contributed by atoms with E-state index in [0.29, 0.717) is 12.0 Å². The summed E-state index contributed by atoms with van der Waals surface area (Å²) < 4.78 is 0. The van der Waals surface area contributed by atoms with Gasteiger partial charge in [-0.1, -0.05) is 63.9 Å². The van der Waals surface area contributed by atoms with Crippen molar-refractivity contribution in [2.75, 3.05) is 6.54 Å². The molecule has 2 atom stereocenters. The van der Waals surface area contributed by atoms with E-state index in [1.165, 1.54) is 37.8 Å². The molecule has 0 heterocycles. The van der Waals surface area contributed by atoms with Gasteiger partial charge in [-0.25, -0.2) is 0 Å². The molecule has 1 aromatic rings.